The number of ether oxygens (including phenoxy) is 2. The molecular formula is C11H14O5S. The molecule has 0 unspecified atom stereocenters. The lowest BCUT2D eigenvalue weighted by atomic mass is 10.1. The van der Waals surface area contributed by atoms with Gasteiger partial charge in [0.2, 0.25) is 0 Å². The maximum Gasteiger partial charge on any atom is 0.178 e. The molecule has 0 saturated heterocycles. The zero-order valence-corrected chi connectivity index (χ0v) is 10.7. The topological polar surface area (TPSA) is 69.7 Å². The zero-order chi connectivity index (χ0) is 13.1. The van der Waals surface area contributed by atoms with E-state index in [-0.39, 0.29) is 5.56 Å². The molecule has 1 rings (SSSR count). The van der Waals surface area contributed by atoms with Crippen molar-refractivity contribution in [3.8, 4) is 11.5 Å². The normalized spacial score (nSPS) is 11.0. The van der Waals surface area contributed by atoms with Crippen LogP contribution in [0.5, 0.6) is 11.5 Å². The number of carbonyl (C=O) groups excluding carboxylic acids is 1. The van der Waals surface area contributed by atoms with Crippen LogP contribution in [0.25, 0.3) is 0 Å². The molecule has 0 atom stereocenters. The van der Waals surface area contributed by atoms with Gasteiger partial charge in [-0.25, -0.2) is 8.42 Å². The molecule has 0 N–H and O–H groups in total. The minimum atomic E-state index is -3.34. The Labute approximate surface area is 100 Å². The first-order chi connectivity index (χ1) is 7.85. The zero-order valence-electron chi connectivity index (χ0n) is 9.89. The van der Waals surface area contributed by atoms with E-state index in [1.54, 1.807) is 6.07 Å². The third kappa shape index (κ3) is 4.07. The van der Waals surface area contributed by atoms with Gasteiger partial charge in [0.1, 0.15) is 17.3 Å². The minimum absolute atomic E-state index is 0.256. The average Bonchev–Trinajstić information content (AvgIpc) is 2.26. The summed E-state index contributed by atoms with van der Waals surface area (Å²) in [6.45, 7) is 0. The summed E-state index contributed by atoms with van der Waals surface area (Å²) in [5, 5.41) is 0. The fraction of sp³-hybridized carbons (Fsp3) is 0.364. The standard InChI is InChI=1S/C11H14O5S/c1-15-9-4-8(5-10(6-9)16-2)11(12)7-17(3,13)14/h4-6H,7H2,1-3H3. The van der Waals surface area contributed by atoms with Gasteiger partial charge in [0.05, 0.1) is 14.2 Å². The Morgan fingerprint density at radius 1 is 1.12 bits per heavy atom. The molecule has 0 amide bonds. The van der Waals surface area contributed by atoms with E-state index in [0.717, 1.165) is 6.26 Å². The lowest BCUT2D eigenvalue weighted by molar-refractivity contribution is 0.102. The number of ketones is 1. The van der Waals surface area contributed by atoms with Crippen molar-refractivity contribution in [2.45, 2.75) is 0 Å². The number of rotatable bonds is 5. The lowest BCUT2D eigenvalue weighted by Crippen LogP contribution is -2.14. The Balaban J connectivity index is 3.08. The summed E-state index contributed by atoms with van der Waals surface area (Å²) in [6, 6.07) is 4.57. The second-order valence-corrected chi connectivity index (χ2v) is 5.73. The van der Waals surface area contributed by atoms with Gasteiger partial charge in [0, 0.05) is 17.9 Å². The number of carbonyl (C=O) groups is 1. The average molecular weight is 258 g/mol. The molecule has 1 aromatic rings. The second kappa shape index (κ2) is 5.18. The fourth-order valence-corrected chi connectivity index (χ4v) is 1.93. The van der Waals surface area contributed by atoms with Crippen LogP contribution in [0.4, 0.5) is 0 Å². The molecule has 0 aliphatic heterocycles. The van der Waals surface area contributed by atoms with Crippen LogP contribution in [0.15, 0.2) is 18.2 Å². The molecule has 1 aromatic carbocycles. The Morgan fingerprint density at radius 2 is 1.59 bits per heavy atom. The monoisotopic (exact) mass is 258 g/mol. The van der Waals surface area contributed by atoms with Gasteiger partial charge in [-0.2, -0.15) is 0 Å². The van der Waals surface area contributed by atoms with Crippen molar-refractivity contribution in [2.24, 2.45) is 0 Å². The van der Waals surface area contributed by atoms with Gasteiger partial charge in [-0.05, 0) is 12.1 Å². The maximum atomic E-state index is 11.7. The van der Waals surface area contributed by atoms with Crippen LogP contribution < -0.4 is 9.47 Å². The number of hydrogen-bond acceptors (Lipinski definition) is 5. The van der Waals surface area contributed by atoms with Crippen LogP contribution in [0, 0.1) is 0 Å². The Kier molecular flexibility index (Phi) is 4.11. The van der Waals surface area contributed by atoms with E-state index in [1.165, 1.54) is 26.4 Å². The number of hydrogen-bond donors (Lipinski definition) is 0. The van der Waals surface area contributed by atoms with Gasteiger partial charge in [-0.1, -0.05) is 0 Å². The molecule has 0 heterocycles. The molecule has 94 valence electrons. The highest BCUT2D eigenvalue weighted by Crippen LogP contribution is 2.22. The molecule has 0 fully saturated rings. The summed E-state index contributed by atoms with van der Waals surface area (Å²) in [7, 11) is -0.426. The largest absolute Gasteiger partial charge is 0.497 e. The first-order valence-electron chi connectivity index (χ1n) is 4.79. The van der Waals surface area contributed by atoms with E-state index < -0.39 is 21.4 Å². The molecular weight excluding hydrogens is 244 g/mol. The van der Waals surface area contributed by atoms with E-state index in [1.807, 2.05) is 0 Å². The summed E-state index contributed by atoms with van der Waals surface area (Å²) in [4.78, 5) is 11.7. The third-order valence-corrected chi connectivity index (χ3v) is 2.85. The van der Waals surface area contributed by atoms with Crippen molar-refractivity contribution < 1.29 is 22.7 Å². The molecule has 0 aliphatic rings. The summed E-state index contributed by atoms with van der Waals surface area (Å²) in [6.07, 6.45) is 1.02. The van der Waals surface area contributed by atoms with Crippen LogP contribution in [0.2, 0.25) is 0 Å². The first-order valence-corrected chi connectivity index (χ1v) is 6.86. The van der Waals surface area contributed by atoms with Crippen molar-refractivity contribution in [2.75, 3.05) is 26.2 Å². The quantitative estimate of drug-likeness (QED) is 0.735. The van der Waals surface area contributed by atoms with E-state index >= 15 is 0 Å². The van der Waals surface area contributed by atoms with Crippen LogP contribution in [-0.4, -0.2) is 40.4 Å². The van der Waals surface area contributed by atoms with E-state index in [2.05, 4.69) is 0 Å². The van der Waals surface area contributed by atoms with Crippen molar-refractivity contribution in [3.05, 3.63) is 23.8 Å². The van der Waals surface area contributed by atoms with Gasteiger partial charge < -0.3 is 9.47 Å². The summed E-state index contributed by atoms with van der Waals surface area (Å²) < 4.78 is 32.1. The molecule has 0 spiro atoms. The summed E-state index contributed by atoms with van der Waals surface area (Å²) in [5.41, 5.74) is 0.256. The van der Waals surface area contributed by atoms with Gasteiger partial charge in [-0.3, -0.25) is 4.79 Å². The van der Waals surface area contributed by atoms with Gasteiger partial charge in [0.25, 0.3) is 0 Å². The van der Waals surface area contributed by atoms with Gasteiger partial charge >= 0.3 is 0 Å². The Morgan fingerprint density at radius 3 is 1.94 bits per heavy atom. The Bertz CT molecular complexity index is 496. The third-order valence-electron chi connectivity index (χ3n) is 2.07. The molecule has 0 saturated carbocycles. The SMILES string of the molecule is COc1cc(OC)cc(C(=O)CS(C)(=O)=O)c1. The number of Topliss-reactive ketones (excluding diaryl/α,β-unsaturated/α-hetero) is 1. The smallest absolute Gasteiger partial charge is 0.178 e. The van der Waals surface area contributed by atoms with Crippen molar-refractivity contribution >= 4 is 15.6 Å². The molecule has 0 aliphatic carbocycles. The van der Waals surface area contributed by atoms with E-state index in [0.29, 0.717) is 11.5 Å². The highest BCUT2D eigenvalue weighted by Gasteiger charge is 2.15. The van der Waals surface area contributed by atoms with Crippen LogP contribution >= 0.6 is 0 Å². The number of benzene rings is 1. The molecule has 6 heteroatoms. The minimum Gasteiger partial charge on any atom is -0.497 e. The van der Waals surface area contributed by atoms with Crippen molar-refractivity contribution in [3.63, 3.8) is 0 Å². The maximum absolute atomic E-state index is 11.7. The van der Waals surface area contributed by atoms with Crippen LogP contribution in [0.3, 0.4) is 0 Å². The van der Waals surface area contributed by atoms with Gasteiger partial charge in [0.15, 0.2) is 15.6 Å². The predicted octanol–water partition coefficient (Wildman–Crippen LogP) is 0.931. The van der Waals surface area contributed by atoms with E-state index in [9.17, 15) is 13.2 Å². The second-order valence-electron chi connectivity index (χ2n) is 3.59. The molecule has 17 heavy (non-hydrogen) atoms. The lowest BCUT2D eigenvalue weighted by Gasteiger charge is -2.07. The summed E-state index contributed by atoms with van der Waals surface area (Å²) in [5.74, 6) is -0.115. The van der Waals surface area contributed by atoms with E-state index in [4.69, 9.17) is 9.47 Å². The summed E-state index contributed by atoms with van der Waals surface area (Å²) >= 11 is 0. The Hall–Kier alpha value is -1.56. The van der Waals surface area contributed by atoms with Crippen molar-refractivity contribution in [1.82, 2.24) is 0 Å². The highest BCUT2D eigenvalue weighted by atomic mass is 32.2. The molecule has 0 aromatic heterocycles. The van der Waals surface area contributed by atoms with Gasteiger partial charge in [-0.15, -0.1) is 0 Å². The van der Waals surface area contributed by atoms with Crippen molar-refractivity contribution in [1.29, 1.82) is 0 Å². The first kappa shape index (κ1) is 13.5. The predicted molar refractivity (Wildman–Crippen MR) is 63.6 cm³/mol. The molecule has 0 radical (unpaired) electrons. The highest BCUT2D eigenvalue weighted by molar-refractivity contribution is 7.91. The molecule has 5 nitrogen and oxygen atoms in total. The molecule has 0 bridgehead atoms. The number of sulfone groups is 1. The number of methoxy groups -OCH3 is 2. The van der Waals surface area contributed by atoms with Crippen LogP contribution in [0.1, 0.15) is 10.4 Å². The fourth-order valence-electron chi connectivity index (χ4n) is 1.29. The van der Waals surface area contributed by atoms with Crippen LogP contribution in [-0.2, 0) is 9.84 Å².